The standard InChI is InChI=1S/C17H28BrNO2/c1-13(2)19-12-16(14-6-8-15(18)9-7-14)21-11-10-17(3,4)20-5/h6-9,13,16,19H,10-12H2,1-5H3. The quantitative estimate of drug-likeness (QED) is 0.713. The van der Waals surface area contributed by atoms with Crippen LogP contribution in [0.3, 0.4) is 0 Å². The lowest BCUT2D eigenvalue weighted by molar-refractivity contribution is -0.0275. The third-order valence-corrected chi connectivity index (χ3v) is 4.06. The minimum atomic E-state index is -0.143. The Morgan fingerprint density at radius 1 is 1.19 bits per heavy atom. The van der Waals surface area contributed by atoms with Crippen molar-refractivity contribution < 1.29 is 9.47 Å². The molecule has 0 amide bonds. The number of hydrogen-bond donors (Lipinski definition) is 1. The van der Waals surface area contributed by atoms with Crippen LogP contribution in [0.25, 0.3) is 0 Å². The Bertz CT molecular complexity index is 404. The van der Waals surface area contributed by atoms with E-state index in [4.69, 9.17) is 9.47 Å². The van der Waals surface area contributed by atoms with Gasteiger partial charge in [-0.1, -0.05) is 41.9 Å². The van der Waals surface area contributed by atoms with E-state index in [1.165, 1.54) is 5.56 Å². The highest BCUT2D eigenvalue weighted by atomic mass is 79.9. The molecule has 0 aliphatic carbocycles. The van der Waals surface area contributed by atoms with Crippen molar-refractivity contribution in [1.29, 1.82) is 0 Å². The second-order valence-corrected chi connectivity index (χ2v) is 7.10. The Balaban J connectivity index is 2.62. The molecule has 1 N–H and O–H groups in total. The molecule has 120 valence electrons. The summed E-state index contributed by atoms with van der Waals surface area (Å²) < 4.78 is 12.6. The largest absolute Gasteiger partial charge is 0.379 e. The van der Waals surface area contributed by atoms with Crippen LogP contribution < -0.4 is 5.32 Å². The van der Waals surface area contributed by atoms with Gasteiger partial charge in [0.1, 0.15) is 0 Å². The van der Waals surface area contributed by atoms with Gasteiger partial charge in [-0.05, 0) is 38.0 Å². The lowest BCUT2D eigenvalue weighted by atomic mass is 10.1. The highest BCUT2D eigenvalue weighted by Gasteiger charge is 2.18. The molecular weight excluding hydrogens is 330 g/mol. The summed E-state index contributed by atoms with van der Waals surface area (Å²) in [5, 5.41) is 3.45. The molecule has 0 bridgehead atoms. The fourth-order valence-corrected chi connectivity index (χ4v) is 2.11. The Morgan fingerprint density at radius 3 is 2.33 bits per heavy atom. The van der Waals surface area contributed by atoms with E-state index >= 15 is 0 Å². The molecular formula is C17H28BrNO2. The van der Waals surface area contributed by atoms with Crippen LogP contribution in [0.15, 0.2) is 28.7 Å². The van der Waals surface area contributed by atoms with Crippen molar-refractivity contribution in [1.82, 2.24) is 5.32 Å². The predicted octanol–water partition coefficient (Wildman–Crippen LogP) is 4.32. The Hall–Kier alpha value is -0.420. The first kappa shape index (κ1) is 18.6. The second-order valence-electron chi connectivity index (χ2n) is 6.19. The highest BCUT2D eigenvalue weighted by molar-refractivity contribution is 9.10. The number of benzene rings is 1. The maximum absolute atomic E-state index is 6.10. The second kappa shape index (κ2) is 8.89. The molecule has 21 heavy (non-hydrogen) atoms. The van der Waals surface area contributed by atoms with Crippen LogP contribution in [-0.4, -0.2) is 31.9 Å². The van der Waals surface area contributed by atoms with E-state index in [9.17, 15) is 0 Å². The summed E-state index contributed by atoms with van der Waals surface area (Å²) in [6.45, 7) is 9.95. The molecule has 1 atom stereocenters. The minimum Gasteiger partial charge on any atom is -0.379 e. The molecule has 0 saturated heterocycles. The number of rotatable bonds is 9. The highest BCUT2D eigenvalue weighted by Crippen LogP contribution is 2.21. The van der Waals surface area contributed by atoms with Crippen LogP contribution >= 0.6 is 15.9 Å². The fraction of sp³-hybridized carbons (Fsp3) is 0.647. The van der Waals surface area contributed by atoms with Gasteiger partial charge in [0, 0.05) is 24.2 Å². The minimum absolute atomic E-state index is 0.0631. The Morgan fingerprint density at radius 2 is 1.81 bits per heavy atom. The van der Waals surface area contributed by atoms with Crippen LogP contribution in [0.5, 0.6) is 0 Å². The van der Waals surface area contributed by atoms with Crippen molar-refractivity contribution in [2.24, 2.45) is 0 Å². The topological polar surface area (TPSA) is 30.5 Å². The molecule has 0 spiro atoms. The summed E-state index contributed by atoms with van der Waals surface area (Å²) in [6.07, 6.45) is 0.936. The third kappa shape index (κ3) is 7.41. The lowest BCUT2D eigenvalue weighted by Gasteiger charge is -2.25. The summed E-state index contributed by atoms with van der Waals surface area (Å²) in [6, 6.07) is 8.78. The first-order valence-corrected chi connectivity index (χ1v) is 8.29. The van der Waals surface area contributed by atoms with E-state index in [-0.39, 0.29) is 11.7 Å². The van der Waals surface area contributed by atoms with Crippen molar-refractivity contribution >= 4 is 15.9 Å². The van der Waals surface area contributed by atoms with E-state index in [0.717, 1.165) is 17.4 Å². The van der Waals surface area contributed by atoms with Gasteiger partial charge in [-0.3, -0.25) is 0 Å². The first-order valence-electron chi connectivity index (χ1n) is 7.49. The Labute approximate surface area is 137 Å². The molecule has 1 aromatic carbocycles. The zero-order chi connectivity index (χ0) is 15.9. The molecule has 1 unspecified atom stereocenters. The van der Waals surface area contributed by atoms with Crippen molar-refractivity contribution in [3.05, 3.63) is 34.3 Å². The number of hydrogen-bond acceptors (Lipinski definition) is 3. The van der Waals surface area contributed by atoms with Crippen LogP contribution in [0.1, 0.15) is 45.8 Å². The summed E-state index contributed by atoms with van der Waals surface area (Å²) in [4.78, 5) is 0. The summed E-state index contributed by atoms with van der Waals surface area (Å²) in [7, 11) is 1.74. The molecule has 1 aromatic rings. The van der Waals surface area contributed by atoms with Gasteiger partial charge in [0.15, 0.2) is 0 Å². The maximum Gasteiger partial charge on any atom is 0.0949 e. The van der Waals surface area contributed by atoms with Gasteiger partial charge in [0.2, 0.25) is 0 Å². The molecule has 1 rings (SSSR count). The monoisotopic (exact) mass is 357 g/mol. The average Bonchev–Trinajstić information content (AvgIpc) is 2.43. The molecule has 3 nitrogen and oxygen atoms in total. The van der Waals surface area contributed by atoms with Gasteiger partial charge in [0.25, 0.3) is 0 Å². The SMILES string of the molecule is COC(C)(C)CCOC(CNC(C)C)c1ccc(Br)cc1. The van der Waals surface area contributed by atoms with Crippen LogP contribution in [0.4, 0.5) is 0 Å². The zero-order valence-corrected chi connectivity index (χ0v) is 15.4. The molecule has 0 saturated carbocycles. The number of nitrogens with one attached hydrogen (secondary N) is 1. The van der Waals surface area contributed by atoms with Gasteiger partial charge in [-0.15, -0.1) is 0 Å². The fourth-order valence-electron chi connectivity index (χ4n) is 1.84. The third-order valence-electron chi connectivity index (χ3n) is 3.53. The summed E-state index contributed by atoms with van der Waals surface area (Å²) >= 11 is 3.47. The molecule has 0 aliphatic rings. The van der Waals surface area contributed by atoms with Gasteiger partial charge >= 0.3 is 0 Å². The first-order chi connectivity index (χ1) is 9.84. The average molecular weight is 358 g/mol. The zero-order valence-electron chi connectivity index (χ0n) is 13.8. The van der Waals surface area contributed by atoms with E-state index in [1.807, 2.05) is 0 Å². The molecule has 0 fully saturated rings. The van der Waals surface area contributed by atoms with Gasteiger partial charge in [-0.25, -0.2) is 0 Å². The van der Waals surface area contributed by atoms with E-state index in [2.05, 4.69) is 73.2 Å². The molecule has 0 aliphatic heterocycles. The normalized spacial score (nSPS) is 13.7. The molecule has 0 aromatic heterocycles. The summed E-state index contributed by atoms with van der Waals surface area (Å²) in [5.41, 5.74) is 1.05. The molecule has 4 heteroatoms. The van der Waals surface area contributed by atoms with E-state index < -0.39 is 0 Å². The number of methoxy groups -OCH3 is 1. The summed E-state index contributed by atoms with van der Waals surface area (Å²) in [5.74, 6) is 0. The van der Waals surface area contributed by atoms with Crippen molar-refractivity contribution in [2.45, 2.75) is 51.9 Å². The van der Waals surface area contributed by atoms with Crippen LogP contribution in [0.2, 0.25) is 0 Å². The molecule has 0 heterocycles. The molecule has 0 radical (unpaired) electrons. The van der Waals surface area contributed by atoms with Crippen LogP contribution in [-0.2, 0) is 9.47 Å². The van der Waals surface area contributed by atoms with Crippen molar-refractivity contribution in [3.8, 4) is 0 Å². The van der Waals surface area contributed by atoms with Crippen LogP contribution in [0, 0.1) is 0 Å². The smallest absolute Gasteiger partial charge is 0.0949 e. The number of halogens is 1. The maximum atomic E-state index is 6.10. The van der Waals surface area contributed by atoms with Gasteiger partial charge in [0.05, 0.1) is 18.3 Å². The van der Waals surface area contributed by atoms with E-state index in [1.54, 1.807) is 7.11 Å². The number of ether oxygens (including phenoxy) is 2. The van der Waals surface area contributed by atoms with Crippen molar-refractivity contribution in [3.63, 3.8) is 0 Å². The lowest BCUT2D eigenvalue weighted by Crippen LogP contribution is -2.30. The van der Waals surface area contributed by atoms with Gasteiger partial charge in [-0.2, -0.15) is 0 Å². The van der Waals surface area contributed by atoms with Crippen molar-refractivity contribution in [2.75, 3.05) is 20.3 Å². The van der Waals surface area contributed by atoms with E-state index in [0.29, 0.717) is 12.6 Å². The predicted molar refractivity (Wildman–Crippen MR) is 91.7 cm³/mol. The van der Waals surface area contributed by atoms with Gasteiger partial charge < -0.3 is 14.8 Å². The Kier molecular flexibility index (Phi) is 7.88.